The van der Waals surface area contributed by atoms with Crippen LogP contribution in [-0.4, -0.2) is 64.7 Å². The minimum atomic E-state index is 0.672. The Morgan fingerprint density at radius 1 is 0.903 bits per heavy atom. The number of aryl methyl sites for hydroxylation is 1. The maximum Gasteiger partial charge on any atom is 0.136 e. The molecule has 2 aliphatic heterocycles. The molecule has 0 amide bonds. The molecule has 4 heterocycles. The first-order chi connectivity index (χ1) is 15.3. The molecule has 1 unspecified atom stereocenters. The summed E-state index contributed by atoms with van der Waals surface area (Å²) in [6, 6.07) is 19.9. The first-order valence-corrected chi connectivity index (χ1v) is 11.6. The fraction of sp³-hybridized carbons (Fsp3) is 0.423. The Morgan fingerprint density at radius 2 is 1.74 bits per heavy atom. The van der Waals surface area contributed by atoms with Crippen molar-refractivity contribution in [3.63, 3.8) is 0 Å². The number of aromatic nitrogens is 2. The van der Waals surface area contributed by atoms with E-state index in [9.17, 15) is 0 Å². The van der Waals surface area contributed by atoms with E-state index in [0.717, 1.165) is 45.1 Å². The lowest BCUT2D eigenvalue weighted by Crippen LogP contribution is -2.55. The van der Waals surface area contributed by atoms with Crippen LogP contribution >= 0.6 is 0 Å². The third-order valence-electron chi connectivity index (χ3n) is 6.88. The zero-order valence-electron chi connectivity index (χ0n) is 18.5. The molecule has 2 aromatic heterocycles. The molecule has 162 valence electrons. The van der Waals surface area contributed by atoms with Crippen LogP contribution in [0.25, 0.3) is 5.82 Å². The second kappa shape index (κ2) is 9.25. The molecular weight excluding hydrogens is 382 g/mol. The lowest BCUT2D eigenvalue weighted by molar-refractivity contribution is 0.0878. The van der Waals surface area contributed by atoms with Crippen LogP contribution in [0.2, 0.25) is 0 Å². The standard InChI is InChI=1S/C26H33N5/c1-22-8-2-3-11-25(22)30-18-16-29(17-19-30)23-9-6-14-28(20-23)21-24-10-7-15-31(24)26-12-4-5-13-27-26/h2-5,7-8,10-13,15,23H,6,9,14,16-21H2,1H3. The monoisotopic (exact) mass is 415 g/mol. The van der Waals surface area contributed by atoms with Crippen molar-refractivity contribution in [2.24, 2.45) is 0 Å². The lowest BCUT2D eigenvalue weighted by Gasteiger charge is -2.44. The molecule has 31 heavy (non-hydrogen) atoms. The summed E-state index contributed by atoms with van der Waals surface area (Å²) in [5.41, 5.74) is 4.11. The maximum atomic E-state index is 4.53. The molecule has 0 aliphatic carbocycles. The fourth-order valence-corrected chi connectivity index (χ4v) is 5.21. The van der Waals surface area contributed by atoms with Crippen LogP contribution in [0.4, 0.5) is 5.69 Å². The van der Waals surface area contributed by atoms with Gasteiger partial charge in [-0.05, 0) is 62.2 Å². The number of benzene rings is 1. The van der Waals surface area contributed by atoms with Crippen LogP contribution in [0.5, 0.6) is 0 Å². The van der Waals surface area contributed by atoms with Gasteiger partial charge in [0.05, 0.1) is 0 Å². The van der Waals surface area contributed by atoms with Gasteiger partial charge in [-0.25, -0.2) is 4.98 Å². The van der Waals surface area contributed by atoms with E-state index in [-0.39, 0.29) is 0 Å². The molecule has 2 saturated heterocycles. The highest BCUT2D eigenvalue weighted by Crippen LogP contribution is 2.24. The first-order valence-electron chi connectivity index (χ1n) is 11.6. The molecular formula is C26H33N5. The molecule has 0 radical (unpaired) electrons. The minimum Gasteiger partial charge on any atom is -0.369 e. The number of piperidine rings is 1. The molecule has 3 aromatic rings. The summed E-state index contributed by atoms with van der Waals surface area (Å²) in [5, 5.41) is 0. The van der Waals surface area contributed by atoms with Gasteiger partial charge in [0.1, 0.15) is 5.82 Å². The molecule has 5 nitrogen and oxygen atoms in total. The Labute approximate surface area is 185 Å². The minimum absolute atomic E-state index is 0.672. The molecule has 2 aliphatic rings. The Morgan fingerprint density at radius 3 is 2.55 bits per heavy atom. The van der Waals surface area contributed by atoms with Gasteiger partial charge in [0, 0.05) is 69.1 Å². The molecule has 5 rings (SSSR count). The highest BCUT2D eigenvalue weighted by Gasteiger charge is 2.28. The zero-order chi connectivity index (χ0) is 21.0. The van der Waals surface area contributed by atoms with E-state index < -0.39 is 0 Å². The largest absolute Gasteiger partial charge is 0.369 e. The van der Waals surface area contributed by atoms with Gasteiger partial charge in [0.25, 0.3) is 0 Å². The van der Waals surface area contributed by atoms with Crippen LogP contribution in [0, 0.1) is 6.92 Å². The number of rotatable bonds is 5. The number of anilines is 1. The number of hydrogen-bond donors (Lipinski definition) is 0. The van der Waals surface area contributed by atoms with Crippen molar-refractivity contribution in [1.82, 2.24) is 19.4 Å². The molecule has 0 bridgehead atoms. The summed E-state index contributed by atoms with van der Waals surface area (Å²) in [7, 11) is 0. The van der Waals surface area contributed by atoms with E-state index in [0.29, 0.717) is 6.04 Å². The van der Waals surface area contributed by atoms with E-state index in [1.165, 1.54) is 36.3 Å². The predicted molar refractivity (Wildman–Crippen MR) is 127 cm³/mol. The average molecular weight is 416 g/mol. The topological polar surface area (TPSA) is 27.5 Å². The van der Waals surface area contributed by atoms with Crippen molar-refractivity contribution in [1.29, 1.82) is 0 Å². The first kappa shape index (κ1) is 20.3. The summed E-state index contributed by atoms with van der Waals surface area (Å²) in [6.45, 7) is 10.2. The van der Waals surface area contributed by atoms with Gasteiger partial charge in [0.15, 0.2) is 0 Å². The van der Waals surface area contributed by atoms with Crippen molar-refractivity contribution in [2.45, 2.75) is 32.4 Å². The second-order valence-electron chi connectivity index (χ2n) is 8.90. The van der Waals surface area contributed by atoms with Crippen LogP contribution in [0.15, 0.2) is 67.0 Å². The fourth-order valence-electron chi connectivity index (χ4n) is 5.21. The average Bonchev–Trinajstić information content (AvgIpc) is 3.28. The Bertz CT molecular complexity index is 974. The molecule has 0 N–H and O–H groups in total. The number of hydrogen-bond acceptors (Lipinski definition) is 4. The Kier molecular flexibility index (Phi) is 6.05. The van der Waals surface area contributed by atoms with Gasteiger partial charge in [-0.3, -0.25) is 9.80 Å². The lowest BCUT2D eigenvalue weighted by atomic mass is 10.0. The van der Waals surface area contributed by atoms with Gasteiger partial charge in [-0.15, -0.1) is 0 Å². The summed E-state index contributed by atoms with van der Waals surface area (Å²) in [4.78, 5) is 12.5. The van der Waals surface area contributed by atoms with E-state index in [1.54, 1.807) is 0 Å². The van der Waals surface area contributed by atoms with Gasteiger partial charge < -0.3 is 9.47 Å². The van der Waals surface area contributed by atoms with Gasteiger partial charge in [-0.2, -0.15) is 0 Å². The van der Waals surface area contributed by atoms with Crippen molar-refractivity contribution in [3.05, 3.63) is 78.2 Å². The highest BCUT2D eigenvalue weighted by atomic mass is 15.3. The quantitative estimate of drug-likeness (QED) is 0.630. The SMILES string of the molecule is Cc1ccccc1N1CCN(C2CCCN(Cc3cccn3-c3ccccn3)C2)CC1. The number of para-hydroxylation sites is 1. The molecule has 5 heteroatoms. The van der Waals surface area contributed by atoms with E-state index in [2.05, 4.69) is 85.9 Å². The van der Waals surface area contributed by atoms with Crippen molar-refractivity contribution >= 4 is 5.69 Å². The Hall–Kier alpha value is -2.63. The second-order valence-corrected chi connectivity index (χ2v) is 8.90. The third-order valence-corrected chi connectivity index (χ3v) is 6.88. The van der Waals surface area contributed by atoms with Crippen LogP contribution < -0.4 is 4.90 Å². The maximum absolute atomic E-state index is 4.53. The van der Waals surface area contributed by atoms with Gasteiger partial charge >= 0.3 is 0 Å². The summed E-state index contributed by atoms with van der Waals surface area (Å²) in [5.74, 6) is 1.00. The molecule has 0 saturated carbocycles. The predicted octanol–water partition coefficient (Wildman–Crippen LogP) is 3.97. The van der Waals surface area contributed by atoms with Crippen molar-refractivity contribution < 1.29 is 0 Å². The number of piperazine rings is 1. The molecule has 1 atom stereocenters. The normalized spacial score (nSPS) is 20.8. The van der Waals surface area contributed by atoms with Crippen LogP contribution in [-0.2, 0) is 6.54 Å². The molecule has 2 fully saturated rings. The third kappa shape index (κ3) is 4.53. The van der Waals surface area contributed by atoms with E-state index in [1.807, 2.05) is 12.3 Å². The Balaban J connectivity index is 1.19. The highest BCUT2D eigenvalue weighted by molar-refractivity contribution is 5.53. The molecule has 0 spiro atoms. The summed E-state index contributed by atoms with van der Waals surface area (Å²) < 4.78 is 2.23. The van der Waals surface area contributed by atoms with Crippen LogP contribution in [0.1, 0.15) is 24.1 Å². The zero-order valence-corrected chi connectivity index (χ0v) is 18.5. The van der Waals surface area contributed by atoms with Crippen molar-refractivity contribution in [2.75, 3.05) is 44.2 Å². The molecule has 1 aromatic carbocycles. The number of pyridine rings is 1. The van der Waals surface area contributed by atoms with E-state index in [4.69, 9.17) is 0 Å². The number of likely N-dealkylation sites (tertiary alicyclic amines) is 1. The van der Waals surface area contributed by atoms with Crippen LogP contribution in [0.3, 0.4) is 0 Å². The summed E-state index contributed by atoms with van der Waals surface area (Å²) >= 11 is 0. The number of nitrogens with zero attached hydrogens (tertiary/aromatic N) is 5. The van der Waals surface area contributed by atoms with Gasteiger partial charge in [-0.1, -0.05) is 24.3 Å². The summed E-state index contributed by atoms with van der Waals surface area (Å²) in [6.07, 6.45) is 6.60. The smallest absolute Gasteiger partial charge is 0.136 e. The van der Waals surface area contributed by atoms with E-state index >= 15 is 0 Å². The van der Waals surface area contributed by atoms with Crippen molar-refractivity contribution in [3.8, 4) is 5.82 Å². The van der Waals surface area contributed by atoms with Gasteiger partial charge in [0.2, 0.25) is 0 Å².